The van der Waals surface area contributed by atoms with Crippen molar-refractivity contribution in [3.8, 4) is 17.6 Å². The molecular weight excluding hydrogens is 313 g/mol. The zero-order valence-corrected chi connectivity index (χ0v) is 13.1. The fourth-order valence-corrected chi connectivity index (χ4v) is 2.63. The summed E-state index contributed by atoms with van der Waals surface area (Å²) in [5.74, 6) is -0.290. The van der Waals surface area contributed by atoms with Crippen molar-refractivity contribution in [3.05, 3.63) is 36.5 Å². The van der Waals surface area contributed by atoms with Crippen molar-refractivity contribution in [2.24, 2.45) is 5.92 Å². The number of hydrogen-bond donors (Lipinski definition) is 1. The van der Waals surface area contributed by atoms with Crippen LogP contribution in [-0.2, 0) is 4.79 Å². The monoisotopic (exact) mass is 329 g/mol. The number of nitrogens with one attached hydrogen (secondary N) is 1. The Kier molecular flexibility index (Phi) is 4.33. The minimum absolute atomic E-state index is 0.134. The number of imidazole rings is 1. The smallest absolute Gasteiger partial charge is 0.230 e. The summed E-state index contributed by atoms with van der Waals surface area (Å²) in [5.41, 5.74) is 0.665. The topological polar surface area (TPSA) is 83.2 Å². The number of halogens is 1. The zero-order chi connectivity index (χ0) is 17.1. The number of carbonyl (C=O) groups is 1. The molecule has 1 amide bonds. The molecule has 1 atom stereocenters. The van der Waals surface area contributed by atoms with Gasteiger partial charge in [-0.3, -0.25) is 4.79 Å². The van der Waals surface area contributed by atoms with Crippen LogP contribution >= 0.6 is 0 Å². The van der Waals surface area contributed by atoms with Crippen molar-refractivity contribution in [1.29, 1.82) is 5.26 Å². The molecule has 0 aliphatic carbocycles. The first-order valence-electron chi connectivity index (χ1n) is 7.44. The highest BCUT2D eigenvalue weighted by molar-refractivity contribution is 5.92. The van der Waals surface area contributed by atoms with Crippen molar-refractivity contribution in [1.82, 2.24) is 14.5 Å². The van der Waals surface area contributed by atoms with Crippen LogP contribution in [0.4, 0.5) is 10.2 Å². The number of hydrogen-bond acceptors (Lipinski definition) is 5. The Hall–Kier alpha value is -3.08. The average molecular weight is 329 g/mol. The van der Waals surface area contributed by atoms with E-state index in [1.807, 2.05) is 6.19 Å². The van der Waals surface area contributed by atoms with Gasteiger partial charge in [-0.05, 0) is 18.6 Å². The van der Waals surface area contributed by atoms with Gasteiger partial charge in [-0.25, -0.2) is 9.37 Å². The maximum absolute atomic E-state index is 13.5. The van der Waals surface area contributed by atoms with Crippen molar-refractivity contribution in [3.63, 3.8) is 0 Å². The molecule has 0 spiro atoms. The number of nitrogens with zero attached hydrogens (tertiary/aromatic N) is 4. The van der Waals surface area contributed by atoms with Gasteiger partial charge in [-0.15, -0.1) is 0 Å². The molecule has 1 aliphatic heterocycles. The highest BCUT2D eigenvalue weighted by Crippen LogP contribution is 2.22. The van der Waals surface area contributed by atoms with Gasteiger partial charge in [-0.2, -0.15) is 5.26 Å². The highest BCUT2D eigenvalue weighted by Gasteiger charge is 2.28. The van der Waals surface area contributed by atoms with Crippen molar-refractivity contribution < 1.29 is 13.9 Å². The Balaban J connectivity index is 1.70. The number of rotatable bonds is 4. The Morgan fingerprint density at radius 1 is 1.54 bits per heavy atom. The van der Waals surface area contributed by atoms with E-state index in [1.54, 1.807) is 27.8 Å². The molecule has 2 aromatic rings. The fraction of sp³-hybridized carbons (Fsp3) is 0.312. The minimum Gasteiger partial charge on any atom is -0.494 e. The summed E-state index contributed by atoms with van der Waals surface area (Å²) in [6.07, 6.45) is 5.86. The number of likely N-dealkylation sites (tertiary alicyclic amines) is 1. The van der Waals surface area contributed by atoms with Gasteiger partial charge in [0.05, 0.1) is 24.9 Å². The molecule has 3 rings (SSSR count). The number of methoxy groups -OCH3 is 1. The second-order valence-electron chi connectivity index (χ2n) is 5.51. The summed E-state index contributed by atoms with van der Waals surface area (Å²) in [6.45, 7) is 1.02. The third-order valence-electron chi connectivity index (χ3n) is 3.97. The maximum Gasteiger partial charge on any atom is 0.230 e. The summed E-state index contributed by atoms with van der Waals surface area (Å²) in [5, 5.41) is 11.6. The lowest BCUT2D eigenvalue weighted by molar-refractivity contribution is -0.119. The molecule has 0 saturated carbocycles. The van der Waals surface area contributed by atoms with E-state index in [9.17, 15) is 9.18 Å². The molecule has 7 nitrogen and oxygen atoms in total. The standard InChI is InChI=1S/C16H16FN5O2/c1-24-14-6-12(2-3-13(14)17)22-8-15(19-10-22)20-16(23)11-4-5-21(7-11)9-18/h2-3,6,8,10-11H,4-5,7H2,1H3,(H,20,23)/t11-/m0/s1. The van der Waals surface area contributed by atoms with Crippen LogP contribution in [0.2, 0.25) is 0 Å². The van der Waals surface area contributed by atoms with Gasteiger partial charge in [0.15, 0.2) is 23.6 Å². The van der Waals surface area contributed by atoms with E-state index < -0.39 is 5.82 Å². The normalized spacial score (nSPS) is 16.7. The second-order valence-corrected chi connectivity index (χ2v) is 5.51. The summed E-state index contributed by atoms with van der Waals surface area (Å²) in [6, 6.07) is 4.44. The fourth-order valence-electron chi connectivity index (χ4n) is 2.63. The van der Waals surface area contributed by atoms with Gasteiger partial charge in [0, 0.05) is 19.2 Å². The van der Waals surface area contributed by atoms with E-state index in [-0.39, 0.29) is 17.6 Å². The van der Waals surface area contributed by atoms with Crippen molar-refractivity contribution in [2.75, 3.05) is 25.5 Å². The maximum atomic E-state index is 13.5. The van der Waals surface area contributed by atoms with Crippen LogP contribution in [0.3, 0.4) is 0 Å². The molecule has 1 N–H and O–H groups in total. The van der Waals surface area contributed by atoms with Crippen LogP contribution in [0.1, 0.15) is 6.42 Å². The van der Waals surface area contributed by atoms with E-state index in [1.165, 1.54) is 19.5 Å². The van der Waals surface area contributed by atoms with E-state index >= 15 is 0 Å². The molecular formula is C16H16FN5O2. The molecule has 0 radical (unpaired) electrons. The van der Waals surface area contributed by atoms with Gasteiger partial charge in [0.1, 0.15) is 6.33 Å². The minimum atomic E-state index is -0.446. The predicted octanol–water partition coefficient (Wildman–Crippen LogP) is 1.76. The van der Waals surface area contributed by atoms with Gasteiger partial charge in [0.2, 0.25) is 5.91 Å². The largest absolute Gasteiger partial charge is 0.494 e. The van der Waals surface area contributed by atoms with E-state index in [2.05, 4.69) is 10.3 Å². The molecule has 1 aromatic heterocycles. The number of nitriles is 1. The quantitative estimate of drug-likeness (QED) is 0.864. The number of carbonyl (C=O) groups excluding carboxylic acids is 1. The molecule has 1 fully saturated rings. The number of anilines is 1. The first kappa shape index (κ1) is 15.8. The molecule has 0 unspecified atom stereocenters. The average Bonchev–Trinajstić information content (AvgIpc) is 3.24. The molecule has 124 valence electrons. The Bertz CT molecular complexity index is 798. The summed E-state index contributed by atoms with van der Waals surface area (Å²) in [4.78, 5) is 17.9. The van der Waals surface area contributed by atoms with Gasteiger partial charge in [0.25, 0.3) is 0 Å². The molecule has 1 saturated heterocycles. The Morgan fingerprint density at radius 2 is 2.38 bits per heavy atom. The second kappa shape index (κ2) is 6.58. The van der Waals surface area contributed by atoms with Gasteiger partial charge in [-0.1, -0.05) is 0 Å². The van der Waals surface area contributed by atoms with Crippen molar-refractivity contribution in [2.45, 2.75) is 6.42 Å². The first-order chi connectivity index (χ1) is 11.6. The first-order valence-corrected chi connectivity index (χ1v) is 7.44. The number of amides is 1. The SMILES string of the molecule is COc1cc(-n2cnc(NC(=O)[C@H]3CCN(C#N)C3)c2)ccc1F. The number of aromatic nitrogens is 2. The highest BCUT2D eigenvalue weighted by atomic mass is 19.1. The summed E-state index contributed by atoms with van der Waals surface area (Å²) in [7, 11) is 1.40. The zero-order valence-electron chi connectivity index (χ0n) is 13.1. The lowest BCUT2D eigenvalue weighted by Crippen LogP contribution is -2.25. The van der Waals surface area contributed by atoms with Crippen LogP contribution in [0.25, 0.3) is 5.69 Å². The number of ether oxygens (including phenoxy) is 1. The third kappa shape index (κ3) is 3.15. The van der Waals surface area contributed by atoms with Crippen molar-refractivity contribution >= 4 is 11.7 Å². The van der Waals surface area contributed by atoms with E-state index in [0.717, 1.165) is 0 Å². The van der Waals surface area contributed by atoms with Crippen LogP contribution in [0, 0.1) is 23.2 Å². The van der Waals surface area contributed by atoms with Crippen LogP contribution < -0.4 is 10.1 Å². The molecule has 0 bridgehead atoms. The van der Waals surface area contributed by atoms with Crippen LogP contribution in [0.5, 0.6) is 5.75 Å². The molecule has 8 heteroatoms. The summed E-state index contributed by atoms with van der Waals surface area (Å²) < 4.78 is 20.1. The predicted molar refractivity (Wildman–Crippen MR) is 84.0 cm³/mol. The third-order valence-corrected chi connectivity index (χ3v) is 3.97. The molecule has 1 aliphatic rings. The van der Waals surface area contributed by atoms with Crippen LogP contribution in [-0.4, -0.2) is 40.6 Å². The molecule has 2 heterocycles. The summed E-state index contributed by atoms with van der Waals surface area (Å²) >= 11 is 0. The lowest BCUT2D eigenvalue weighted by Gasteiger charge is -2.09. The van der Waals surface area contributed by atoms with Gasteiger partial charge < -0.3 is 19.5 Å². The lowest BCUT2D eigenvalue weighted by atomic mass is 10.1. The Morgan fingerprint density at radius 3 is 3.08 bits per heavy atom. The van der Waals surface area contributed by atoms with Crippen LogP contribution in [0.15, 0.2) is 30.7 Å². The number of benzene rings is 1. The van der Waals surface area contributed by atoms with E-state index in [4.69, 9.17) is 10.00 Å². The van der Waals surface area contributed by atoms with E-state index in [0.29, 0.717) is 31.0 Å². The molecule has 24 heavy (non-hydrogen) atoms. The molecule has 1 aromatic carbocycles. The Labute approximate surface area is 138 Å². The van der Waals surface area contributed by atoms with Gasteiger partial charge >= 0.3 is 0 Å².